The second-order valence-corrected chi connectivity index (χ2v) is 22.5. The smallest absolute Gasteiger partial charge is 0.340 e. The molecule has 18 heteroatoms. The maximum absolute atomic E-state index is 13.9. The molecule has 18 nitrogen and oxygen atoms in total. The molecule has 21 atom stereocenters. The predicted octanol–water partition coefficient (Wildman–Crippen LogP) is 5.75. The molecule has 3 aliphatic heterocycles. The van der Waals surface area contributed by atoms with E-state index < -0.39 is 125 Å². The number of aromatic nitrogens is 1. The molecule has 1 aromatic heterocycles. The maximum atomic E-state index is 13.9. The van der Waals surface area contributed by atoms with Crippen molar-refractivity contribution in [1.82, 2.24) is 4.98 Å². The van der Waals surface area contributed by atoms with Gasteiger partial charge in [-0.2, -0.15) is 0 Å². The highest BCUT2D eigenvalue weighted by Gasteiger charge is 2.81. The molecule has 4 N–H and O–H groups in total. The van der Waals surface area contributed by atoms with Gasteiger partial charge in [0.2, 0.25) is 0 Å². The van der Waals surface area contributed by atoms with Gasteiger partial charge in [-0.05, 0) is 102 Å². The van der Waals surface area contributed by atoms with E-state index in [1.807, 2.05) is 50.3 Å². The molecule has 75 heavy (non-hydrogen) atoms. The van der Waals surface area contributed by atoms with Crippen LogP contribution in [-0.4, -0.2) is 168 Å². The molecular formula is C57H79NO17. The van der Waals surface area contributed by atoms with E-state index in [0.717, 1.165) is 11.1 Å². The first-order valence-corrected chi connectivity index (χ1v) is 26.8. The van der Waals surface area contributed by atoms with Gasteiger partial charge >= 0.3 is 11.9 Å². The van der Waals surface area contributed by atoms with Crippen LogP contribution in [-0.2, 0) is 56.9 Å². The molecule has 0 unspecified atom stereocenters. The van der Waals surface area contributed by atoms with E-state index in [4.69, 9.17) is 52.1 Å². The number of nitrogens with zero attached hydrogens (tertiary/aromatic N) is 1. The van der Waals surface area contributed by atoms with E-state index in [9.17, 15) is 30.0 Å². The number of hydrogen-bond acceptors (Lipinski definition) is 18. The molecule has 3 saturated heterocycles. The number of carbonyl (C=O) groups excluding carboxylic acids is 2. The van der Waals surface area contributed by atoms with Crippen LogP contribution in [0.25, 0.3) is 6.08 Å². The molecule has 0 spiro atoms. The molecule has 1 aromatic carbocycles. The molecule has 7 aliphatic rings. The lowest BCUT2D eigenvalue weighted by atomic mass is 9.42. The summed E-state index contributed by atoms with van der Waals surface area (Å²) in [6.07, 6.45) is 2.13. The predicted molar refractivity (Wildman–Crippen MR) is 269 cm³/mol. The number of methoxy groups -OCH3 is 3. The minimum atomic E-state index is -2.00. The standard InChI is InChI=1S/C57H79NO17/c1-32-49(60)40(65-7)27-47(68-32)74-51-34(3)70-48(29-42(51)67-9)75-50-33(2)69-46(28-41(50)66-8)72-39-20-21-53(5)38(26-39)19-22-56(63)43(53)30-44(73-45(59)18-17-36-14-11-10-12-15-36)54(6)55(62,23-24-57(54,56)64)35(4)71-52(61)37-16-13-25-58-31-37/h10-19,25,31-35,39-44,46-51,60,62-64H,20-24,26-30H2,1-9H3/b18-17+/t32-,33-,34-,35+,39+,40-,41+,42+,43-,44-,46+,47+,48+,49-,50-,51-,53+,54-,55-,56+,57-/m1/s1. The van der Waals surface area contributed by atoms with Crippen molar-refractivity contribution in [2.45, 2.75) is 215 Å². The van der Waals surface area contributed by atoms with Crippen LogP contribution in [0.3, 0.4) is 0 Å². The van der Waals surface area contributed by atoms with E-state index in [1.165, 1.54) is 18.5 Å². The Morgan fingerprint density at radius 2 is 1.39 bits per heavy atom. The van der Waals surface area contributed by atoms with Crippen molar-refractivity contribution in [2.75, 3.05) is 21.3 Å². The number of carbonyl (C=O) groups is 2. The lowest BCUT2D eigenvalue weighted by molar-refractivity contribution is -0.339. The summed E-state index contributed by atoms with van der Waals surface area (Å²) in [5.74, 6) is -1.99. The average molecular weight is 1050 g/mol. The fraction of sp³-hybridized carbons (Fsp3) is 0.702. The number of fused-ring (bicyclic) bond motifs is 5. The maximum Gasteiger partial charge on any atom is 0.340 e. The summed E-state index contributed by atoms with van der Waals surface area (Å²) in [5.41, 5.74) is -6.05. The quantitative estimate of drug-likeness (QED) is 0.0945. The Kier molecular flexibility index (Phi) is 16.6. The van der Waals surface area contributed by atoms with Crippen LogP contribution in [0, 0.1) is 16.7 Å². The number of aliphatic hydroxyl groups excluding tert-OH is 1. The fourth-order valence-corrected chi connectivity index (χ4v) is 14.2. The third-order valence-corrected chi connectivity index (χ3v) is 18.7. The van der Waals surface area contributed by atoms with E-state index in [-0.39, 0.29) is 43.5 Å². The number of esters is 2. The van der Waals surface area contributed by atoms with E-state index >= 15 is 0 Å². The molecule has 9 rings (SSSR count). The van der Waals surface area contributed by atoms with Crippen molar-refractivity contribution in [1.29, 1.82) is 0 Å². The Balaban J connectivity index is 0.881. The van der Waals surface area contributed by atoms with Gasteiger partial charge in [-0.15, -0.1) is 0 Å². The fourth-order valence-electron chi connectivity index (χ4n) is 14.2. The number of pyridine rings is 1. The number of ether oxygens (including phenoxy) is 11. The first-order valence-electron chi connectivity index (χ1n) is 26.8. The van der Waals surface area contributed by atoms with Crippen molar-refractivity contribution < 1.29 is 82.1 Å². The zero-order valence-corrected chi connectivity index (χ0v) is 44.8. The van der Waals surface area contributed by atoms with Gasteiger partial charge in [0.1, 0.15) is 47.3 Å². The Bertz CT molecular complexity index is 2360. The van der Waals surface area contributed by atoms with Gasteiger partial charge in [0.25, 0.3) is 0 Å². The normalized spacial score (nSPS) is 44.2. The molecule has 6 fully saturated rings. The Morgan fingerprint density at radius 3 is 2.00 bits per heavy atom. The van der Waals surface area contributed by atoms with Gasteiger partial charge in [-0.25, -0.2) is 9.59 Å². The molecule has 4 heterocycles. The van der Waals surface area contributed by atoms with Gasteiger partial charge in [-0.3, -0.25) is 4.98 Å². The summed E-state index contributed by atoms with van der Waals surface area (Å²) in [7, 11) is 4.84. The van der Waals surface area contributed by atoms with Crippen molar-refractivity contribution in [3.8, 4) is 0 Å². The SMILES string of the molecule is CO[C@H]1C[C@H](O[C@H]2CC[C@@]3(C)C(=CC[C@]4(O)[C@@H]3C[C@@H](OC(=O)/C=C/c3ccccc3)[C@@]3(C)[C@]4(O)CC[C@@]3(O)[C@H](C)OC(=O)c3cccnc3)C2)O[C@H](C)[C@H]1O[C@H]1C[C@H](OC)[C@H](O[C@H]2C[C@@H](OC)[C@H](O)[C@@H](C)O2)[C@@H](C)O1. The number of benzene rings is 1. The third-order valence-electron chi connectivity index (χ3n) is 18.7. The van der Waals surface area contributed by atoms with Gasteiger partial charge in [0, 0.05) is 65.0 Å². The zero-order chi connectivity index (χ0) is 53.7. The summed E-state index contributed by atoms with van der Waals surface area (Å²) in [6.45, 7) is 11.0. The largest absolute Gasteiger partial charge is 0.458 e. The van der Waals surface area contributed by atoms with Crippen LogP contribution in [0.15, 0.2) is 72.6 Å². The summed E-state index contributed by atoms with van der Waals surface area (Å²) in [5, 5.41) is 50.1. The van der Waals surface area contributed by atoms with Crippen molar-refractivity contribution in [3.63, 3.8) is 0 Å². The van der Waals surface area contributed by atoms with Gasteiger partial charge in [-0.1, -0.05) is 55.8 Å². The highest BCUT2D eigenvalue weighted by atomic mass is 16.7. The van der Waals surface area contributed by atoms with Crippen molar-refractivity contribution in [2.24, 2.45) is 16.7 Å². The molecule has 0 radical (unpaired) electrons. The molecule has 0 amide bonds. The van der Waals surface area contributed by atoms with Gasteiger partial charge in [0.15, 0.2) is 18.9 Å². The van der Waals surface area contributed by atoms with Crippen LogP contribution in [0.1, 0.15) is 122 Å². The second kappa shape index (κ2) is 22.2. The van der Waals surface area contributed by atoms with Gasteiger partial charge in [0.05, 0.1) is 53.7 Å². The number of rotatable bonds is 15. The molecule has 3 saturated carbocycles. The van der Waals surface area contributed by atoms with Crippen molar-refractivity contribution >= 4 is 18.0 Å². The third kappa shape index (κ3) is 10.2. The second-order valence-electron chi connectivity index (χ2n) is 22.5. The highest BCUT2D eigenvalue weighted by molar-refractivity contribution is 5.89. The molecule has 0 bridgehead atoms. The molecule has 414 valence electrons. The van der Waals surface area contributed by atoms with E-state index in [1.54, 1.807) is 60.3 Å². The van der Waals surface area contributed by atoms with Crippen LogP contribution >= 0.6 is 0 Å². The van der Waals surface area contributed by atoms with Crippen molar-refractivity contribution in [3.05, 3.63) is 83.7 Å². The average Bonchev–Trinajstić information content (AvgIpc) is 3.79. The summed E-state index contributed by atoms with van der Waals surface area (Å²) >= 11 is 0. The lowest BCUT2D eigenvalue weighted by Gasteiger charge is -2.67. The van der Waals surface area contributed by atoms with Gasteiger partial charge < -0.3 is 72.5 Å². The summed E-state index contributed by atoms with van der Waals surface area (Å²) < 4.78 is 68.6. The number of hydrogen-bond donors (Lipinski definition) is 4. The molecule has 4 aliphatic carbocycles. The topological polar surface area (TPSA) is 229 Å². The van der Waals surface area contributed by atoms with Crippen LogP contribution in [0.2, 0.25) is 0 Å². The molecular weight excluding hydrogens is 971 g/mol. The van der Waals surface area contributed by atoms with Crippen LogP contribution in [0.4, 0.5) is 0 Å². The zero-order valence-electron chi connectivity index (χ0n) is 44.8. The van der Waals surface area contributed by atoms with E-state index in [0.29, 0.717) is 38.5 Å². The van der Waals surface area contributed by atoms with E-state index in [2.05, 4.69) is 11.9 Å². The lowest BCUT2D eigenvalue weighted by Crippen LogP contribution is -2.78. The van der Waals surface area contributed by atoms with Crippen LogP contribution in [0.5, 0.6) is 0 Å². The minimum absolute atomic E-state index is 0.0452. The first-order chi connectivity index (χ1) is 35.7. The Hall–Kier alpha value is -3.73. The minimum Gasteiger partial charge on any atom is -0.458 e. The Morgan fingerprint density at radius 1 is 0.773 bits per heavy atom. The summed E-state index contributed by atoms with van der Waals surface area (Å²) in [4.78, 5) is 31.4. The Labute approximate surface area is 440 Å². The monoisotopic (exact) mass is 1050 g/mol. The molecule has 2 aromatic rings. The summed E-state index contributed by atoms with van der Waals surface area (Å²) in [6, 6.07) is 12.5. The number of aliphatic hydroxyl groups is 4. The van der Waals surface area contributed by atoms with Crippen LogP contribution < -0.4 is 0 Å². The highest BCUT2D eigenvalue weighted by Crippen LogP contribution is 2.71. The first kappa shape index (κ1) is 56.0.